The number of rotatable bonds is 9. The number of nitrogens with two attached hydrogens (primary N) is 1. The van der Waals surface area contributed by atoms with Crippen molar-refractivity contribution in [3.63, 3.8) is 0 Å². The van der Waals surface area contributed by atoms with Gasteiger partial charge in [0.05, 0.1) is 19.8 Å². The SMILES string of the molecule is CC(C)=CCn1c(N2CCCC(N)C2)nc2c1c(=O)n(CC(=O)c1cccc(OCC(=O)N3CCOCC3)c1)c(=O)n2C. The smallest absolute Gasteiger partial charge is 0.332 e. The number of fused-ring (bicyclic) bond motifs is 1. The zero-order chi connectivity index (χ0) is 30.7. The minimum atomic E-state index is -0.636. The number of ether oxygens (including phenoxy) is 2. The average Bonchev–Trinajstić information content (AvgIpc) is 3.40. The Kier molecular flexibility index (Phi) is 9.11. The third kappa shape index (κ3) is 6.57. The molecule has 2 aliphatic heterocycles. The van der Waals surface area contributed by atoms with Gasteiger partial charge >= 0.3 is 5.69 Å². The molecular weight excluding hydrogens is 554 g/mol. The van der Waals surface area contributed by atoms with E-state index in [1.54, 1.807) is 30.1 Å². The van der Waals surface area contributed by atoms with Gasteiger partial charge in [-0.05, 0) is 38.8 Å². The first-order chi connectivity index (χ1) is 20.6. The van der Waals surface area contributed by atoms with Crippen LogP contribution in [0.5, 0.6) is 5.75 Å². The van der Waals surface area contributed by atoms with Gasteiger partial charge in [0, 0.05) is 51.4 Å². The summed E-state index contributed by atoms with van der Waals surface area (Å²) in [5.41, 5.74) is 6.85. The third-order valence-corrected chi connectivity index (χ3v) is 7.82. The van der Waals surface area contributed by atoms with Crippen LogP contribution >= 0.6 is 0 Å². The van der Waals surface area contributed by atoms with Gasteiger partial charge in [-0.2, -0.15) is 4.98 Å². The maximum absolute atomic E-state index is 13.9. The van der Waals surface area contributed by atoms with E-state index in [9.17, 15) is 19.2 Å². The second-order valence-corrected chi connectivity index (χ2v) is 11.3. The number of carbonyl (C=O) groups excluding carboxylic acids is 2. The van der Waals surface area contributed by atoms with Gasteiger partial charge in [0.2, 0.25) is 5.95 Å². The molecule has 0 aliphatic carbocycles. The van der Waals surface area contributed by atoms with Crippen molar-refractivity contribution in [2.45, 2.75) is 45.8 Å². The number of ketones is 1. The molecule has 1 atom stereocenters. The number of benzene rings is 1. The van der Waals surface area contributed by atoms with Crippen LogP contribution in [-0.2, 0) is 29.7 Å². The summed E-state index contributed by atoms with van der Waals surface area (Å²) in [4.78, 5) is 61.6. The predicted octanol–water partition coefficient (Wildman–Crippen LogP) is 0.911. The van der Waals surface area contributed by atoms with Crippen LogP contribution in [0.3, 0.4) is 0 Å². The first-order valence-electron chi connectivity index (χ1n) is 14.6. The van der Waals surface area contributed by atoms with Crippen LogP contribution in [0.15, 0.2) is 45.5 Å². The highest BCUT2D eigenvalue weighted by molar-refractivity contribution is 5.96. The molecular formula is C30H39N7O6. The van der Waals surface area contributed by atoms with Crippen LogP contribution in [0.4, 0.5) is 5.95 Å². The summed E-state index contributed by atoms with van der Waals surface area (Å²) in [6.07, 6.45) is 3.80. The molecule has 0 radical (unpaired) electrons. The number of morpholine rings is 1. The lowest BCUT2D eigenvalue weighted by Gasteiger charge is -2.31. The zero-order valence-corrected chi connectivity index (χ0v) is 25.0. The van der Waals surface area contributed by atoms with Crippen LogP contribution in [0.25, 0.3) is 11.2 Å². The largest absolute Gasteiger partial charge is 0.484 e. The van der Waals surface area contributed by atoms with Crippen molar-refractivity contribution in [2.75, 3.05) is 50.9 Å². The highest BCUT2D eigenvalue weighted by Gasteiger charge is 2.27. The van der Waals surface area contributed by atoms with Gasteiger partial charge in [0.25, 0.3) is 11.5 Å². The summed E-state index contributed by atoms with van der Waals surface area (Å²) in [6, 6.07) is 6.37. The minimum Gasteiger partial charge on any atom is -0.484 e. The monoisotopic (exact) mass is 593 g/mol. The van der Waals surface area contributed by atoms with E-state index in [1.165, 1.54) is 10.6 Å². The molecule has 5 rings (SSSR count). The summed E-state index contributed by atoms with van der Waals surface area (Å²) in [7, 11) is 1.55. The van der Waals surface area contributed by atoms with Gasteiger partial charge in [-0.1, -0.05) is 23.8 Å². The molecule has 2 aromatic heterocycles. The number of anilines is 1. The number of hydrogen-bond donors (Lipinski definition) is 1. The van der Waals surface area contributed by atoms with Gasteiger partial charge < -0.3 is 29.6 Å². The van der Waals surface area contributed by atoms with Crippen molar-refractivity contribution in [2.24, 2.45) is 12.8 Å². The summed E-state index contributed by atoms with van der Waals surface area (Å²) < 4.78 is 15.0. The molecule has 230 valence electrons. The molecule has 3 aromatic rings. The molecule has 13 nitrogen and oxygen atoms in total. The molecule has 43 heavy (non-hydrogen) atoms. The van der Waals surface area contributed by atoms with Crippen molar-refractivity contribution in [1.29, 1.82) is 0 Å². The number of allylic oxidation sites excluding steroid dienone is 2. The average molecular weight is 594 g/mol. The van der Waals surface area contributed by atoms with E-state index in [4.69, 9.17) is 20.2 Å². The Morgan fingerprint density at radius 3 is 2.63 bits per heavy atom. The van der Waals surface area contributed by atoms with Crippen molar-refractivity contribution in [1.82, 2.24) is 23.6 Å². The molecule has 2 saturated heterocycles. The number of amides is 1. The van der Waals surface area contributed by atoms with Gasteiger partial charge in [-0.3, -0.25) is 23.5 Å². The first-order valence-corrected chi connectivity index (χ1v) is 14.6. The zero-order valence-electron chi connectivity index (χ0n) is 25.0. The van der Waals surface area contributed by atoms with Crippen LogP contribution in [0.2, 0.25) is 0 Å². The molecule has 2 fully saturated rings. The van der Waals surface area contributed by atoms with E-state index in [2.05, 4.69) is 4.90 Å². The molecule has 1 amide bonds. The molecule has 0 spiro atoms. The van der Waals surface area contributed by atoms with E-state index >= 15 is 0 Å². The molecule has 0 bridgehead atoms. The van der Waals surface area contributed by atoms with E-state index < -0.39 is 23.6 Å². The van der Waals surface area contributed by atoms with Gasteiger partial charge in [0.1, 0.15) is 5.75 Å². The summed E-state index contributed by atoms with van der Waals surface area (Å²) in [5.74, 6) is 0.308. The Labute approximate surface area is 249 Å². The second kappa shape index (κ2) is 13.0. The lowest BCUT2D eigenvalue weighted by molar-refractivity contribution is -0.137. The quantitative estimate of drug-likeness (QED) is 0.282. The highest BCUT2D eigenvalue weighted by Crippen LogP contribution is 2.23. The first kappa shape index (κ1) is 30.2. The Morgan fingerprint density at radius 2 is 1.91 bits per heavy atom. The van der Waals surface area contributed by atoms with E-state index in [0.29, 0.717) is 51.1 Å². The molecule has 1 aromatic carbocycles. The van der Waals surface area contributed by atoms with Crippen LogP contribution in [0.1, 0.15) is 37.0 Å². The van der Waals surface area contributed by atoms with E-state index in [1.807, 2.05) is 24.5 Å². The Bertz CT molecular complexity index is 1660. The van der Waals surface area contributed by atoms with Gasteiger partial charge in [-0.15, -0.1) is 0 Å². The van der Waals surface area contributed by atoms with E-state index in [-0.39, 0.29) is 35.3 Å². The molecule has 0 saturated carbocycles. The standard InChI is InChI=1S/C30H39N7O6/c1-20(2)9-11-36-26-27(32-29(36)35-10-5-7-22(31)17-35)33(3)30(41)37(28(26)40)18-24(38)21-6-4-8-23(16-21)43-19-25(39)34-12-14-42-15-13-34/h4,6,8-9,16,22H,5,7,10-15,17-19,31H2,1-3H3. The molecule has 13 heteroatoms. The number of carbonyl (C=O) groups is 2. The number of imidazole rings is 1. The highest BCUT2D eigenvalue weighted by atomic mass is 16.5. The van der Waals surface area contributed by atoms with Crippen LogP contribution in [-0.4, -0.2) is 87.3 Å². The van der Waals surface area contributed by atoms with Crippen molar-refractivity contribution < 1.29 is 19.1 Å². The maximum Gasteiger partial charge on any atom is 0.332 e. The summed E-state index contributed by atoms with van der Waals surface area (Å²) in [6.45, 7) is 7.01. The fourth-order valence-corrected chi connectivity index (χ4v) is 5.42. The summed E-state index contributed by atoms with van der Waals surface area (Å²) >= 11 is 0. The number of aryl methyl sites for hydroxylation is 1. The van der Waals surface area contributed by atoms with Crippen LogP contribution < -0.4 is 26.6 Å². The third-order valence-electron chi connectivity index (χ3n) is 7.82. The summed E-state index contributed by atoms with van der Waals surface area (Å²) in [5, 5.41) is 0. The topological polar surface area (TPSA) is 147 Å². The maximum atomic E-state index is 13.9. The second-order valence-electron chi connectivity index (χ2n) is 11.3. The van der Waals surface area contributed by atoms with Crippen molar-refractivity contribution >= 4 is 28.8 Å². The minimum absolute atomic E-state index is 0.0132. The van der Waals surface area contributed by atoms with Crippen molar-refractivity contribution in [3.05, 3.63) is 62.3 Å². The van der Waals surface area contributed by atoms with Crippen LogP contribution in [0, 0.1) is 0 Å². The Hall–Kier alpha value is -4.23. The number of aromatic nitrogens is 4. The molecule has 4 heterocycles. The lowest BCUT2D eigenvalue weighted by atomic mass is 10.1. The fourth-order valence-electron chi connectivity index (χ4n) is 5.42. The molecule has 2 aliphatic rings. The number of nitrogens with zero attached hydrogens (tertiary/aromatic N) is 6. The lowest BCUT2D eigenvalue weighted by Crippen LogP contribution is -2.44. The Balaban J connectivity index is 1.44. The predicted molar refractivity (Wildman–Crippen MR) is 162 cm³/mol. The number of Topliss-reactive ketones (excluding diaryl/α,β-unsaturated/α-hetero) is 1. The van der Waals surface area contributed by atoms with E-state index in [0.717, 1.165) is 29.5 Å². The van der Waals surface area contributed by atoms with Gasteiger partial charge in [-0.25, -0.2) is 4.79 Å². The van der Waals surface area contributed by atoms with Crippen molar-refractivity contribution in [3.8, 4) is 5.75 Å². The normalized spacial score (nSPS) is 17.3. The Morgan fingerprint density at radius 1 is 1.14 bits per heavy atom. The number of piperidine rings is 1. The number of hydrogen-bond acceptors (Lipinski definition) is 9. The molecule has 2 N–H and O–H groups in total. The van der Waals surface area contributed by atoms with Gasteiger partial charge in [0.15, 0.2) is 23.6 Å². The fraction of sp³-hybridized carbons (Fsp3) is 0.500. The molecule has 1 unspecified atom stereocenters.